The van der Waals surface area contributed by atoms with Gasteiger partial charge < -0.3 is 20.3 Å². The van der Waals surface area contributed by atoms with Crippen molar-refractivity contribution in [2.75, 3.05) is 47.4 Å². The van der Waals surface area contributed by atoms with Crippen LogP contribution in [0.4, 0.5) is 0 Å². The first-order chi connectivity index (χ1) is 20.4. The van der Waals surface area contributed by atoms with Crippen molar-refractivity contribution in [3.05, 3.63) is 60.2 Å². The highest BCUT2D eigenvalue weighted by Crippen LogP contribution is 2.23. The van der Waals surface area contributed by atoms with Gasteiger partial charge in [0.05, 0.1) is 0 Å². The van der Waals surface area contributed by atoms with Crippen LogP contribution in [0.25, 0.3) is 0 Å². The molecule has 1 aliphatic heterocycles. The first kappa shape index (κ1) is 52.9. The van der Waals surface area contributed by atoms with Crippen molar-refractivity contribution < 1.29 is 18.5 Å². The molecule has 1 rings (SSSR count). The van der Waals surface area contributed by atoms with E-state index < -0.39 is 9.52 Å². The predicted octanol–water partition coefficient (Wildman–Crippen LogP) is 6.82. The van der Waals surface area contributed by atoms with Gasteiger partial charge in [0.15, 0.2) is 0 Å². The molecule has 1 unspecified atom stereocenters. The summed E-state index contributed by atoms with van der Waals surface area (Å²) in [6, 6.07) is 0. The lowest BCUT2D eigenvalue weighted by atomic mass is 10.1. The standard InChI is InChI=1S/C16H26N2O3S.C7H11N.C3H8O.C2H7N.2C2H6.C2H4/c1-13(11-17-15(3)20)5-6-14(2)22(4,21)16-7-9-18(12-19)10-8-16;1-4-5-8-6-7(2)3;1-3-4-2;1-3-2;3*1-2/h5-6,12,16H,4,7-11H2,1-3H3,(H,17,20);4-6H,2H2,1,3H3;3H2,1-2H3;3H,1-2H3;2*1-2H3;1-2H2/b13-5+,14-6+;5-4-,8-6?;;;;;. The number of allylic oxidation sites excluding steroid dienone is 5. The molecule has 0 bridgehead atoms. The van der Waals surface area contributed by atoms with Crippen molar-refractivity contribution in [2.24, 2.45) is 4.99 Å². The number of aliphatic imine (C=N–C) groups is 1. The molecule has 0 aromatic heterocycles. The highest BCUT2D eigenvalue weighted by atomic mass is 32.2. The zero-order valence-electron chi connectivity index (χ0n) is 30.0. The van der Waals surface area contributed by atoms with E-state index in [9.17, 15) is 13.8 Å². The molecule has 2 amide bonds. The van der Waals surface area contributed by atoms with E-state index in [1.54, 1.807) is 24.4 Å². The second-order valence-electron chi connectivity index (χ2n) is 8.45. The summed E-state index contributed by atoms with van der Waals surface area (Å²) in [4.78, 5) is 28.0. The number of nitrogens with zero attached hydrogens (tertiary/aromatic N) is 2. The van der Waals surface area contributed by atoms with Gasteiger partial charge in [0.25, 0.3) is 0 Å². The normalized spacial score (nSPS) is 14.0. The van der Waals surface area contributed by atoms with Crippen LogP contribution in [0.15, 0.2) is 65.2 Å². The van der Waals surface area contributed by atoms with E-state index in [4.69, 9.17) is 0 Å². The van der Waals surface area contributed by atoms with Gasteiger partial charge >= 0.3 is 0 Å². The van der Waals surface area contributed by atoms with Gasteiger partial charge in [-0.25, -0.2) is 0 Å². The topological polar surface area (TPSA) is 100 Å². The summed E-state index contributed by atoms with van der Waals surface area (Å²) in [5.74, 6) is 3.88. The molecule has 0 aromatic rings. The summed E-state index contributed by atoms with van der Waals surface area (Å²) in [7, 11) is 3.10. The molecule has 0 aromatic carbocycles. The smallest absolute Gasteiger partial charge is 0.217 e. The van der Waals surface area contributed by atoms with Gasteiger partial charge in [-0.15, -0.1) is 13.2 Å². The minimum Gasteiger partial charge on any atom is -0.385 e. The number of ether oxygens (including phenoxy) is 1. The molecule has 1 atom stereocenters. The SMILES string of the molecule is C=C.C=C(C)C=N/C=C\C.C=S(=O)(/C(C)=C/C=C(\C)CNC(C)=O)C1CCN(C=O)CC1.CC.CC.CCOC.CNC. The van der Waals surface area contributed by atoms with Gasteiger partial charge in [-0.1, -0.05) is 58.1 Å². The van der Waals surface area contributed by atoms with Gasteiger partial charge in [-0.2, -0.15) is 0 Å². The minimum atomic E-state index is -2.33. The van der Waals surface area contributed by atoms with Crippen LogP contribution in [0.2, 0.25) is 0 Å². The Hall–Kier alpha value is -2.75. The molecular formula is C34H68N4O4S. The summed E-state index contributed by atoms with van der Waals surface area (Å²) in [5.41, 5.74) is 1.96. The van der Waals surface area contributed by atoms with Crippen LogP contribution in [0.1, 0.15) is 82.1 Å². The lowest BCUT2D eigenvalue weighted by molar-refractivity contribution is -0.119. The van der Waals surface area contributed by atoms with E-state index >= 15 is 0 Å². The molecule has 8 nitrogen and oxygen atoms in total. The fraction of sp³-hybridized carbons (Fsp3) is 0.588. The van der Waals surface area contributed by atoms with Crippen molar-refractivity contribution in [2.45, 2.75) is 87.3 Å². The van der Waals surface area contributed by atoms with E-state index in [-0.39, 0.29) is 11.2 Å². The zero-order valence-corrected chi connectivity index (χ0v) is 30.9. The third-order valence-corrected chi connectivity index (χ3v) is 7.52. The Balaban J connectivity index is -0.000000134. The molecule has 9 heteroatoms. The van der Waals surface area contributed by atoms with Crippen molar-refractivity contribution in [1.29, 1.82) is 0 Å². The molecule has 1 heterocycles. The Bertz CT molecular complexity index is 867. The summed E-state index contributed by atoms with van der Waals surface area (Å²) in [5, 5.41) is 5.49. The second kappa shape index (κ2) is 41.4. The Kier molecular flexibility index (Phi) is 50.9. The zero-order chi connectivity index (χ0) is 35.3. The van der Waals surface area contributed by atoms with Gasteiger partial charge in [-0.05, 0) is 82.5 Å². The first-order valence-corrected chi connectivity index (χ1v) is 16.7. The van der Waals surface area contributed by atoms with Crippen LogP contribution in [-0.2, 0) is 23.8 Å². The number of likely N-dealkylation sites (tertiary alicyclic amines) is 1. The number of rotatable bonds is 9. The second-order valence-corrected chi connectivity index (χ2v) is 11.2. The summed E-state index contributed by atoms with van der Waals surface area (Å²) in [6.45, 7) is 31.2. The third-order valence-electron chi connectivity index (χ3n) is 4.75. The minimum absolute atomic E-state index is 0.0176. The summed E-state index contributed by atoms with van der Waals surface area (Å²) >= 11 is 0. The van der Waals surface area contributed by atoms with Crippen LogP contribution in [-0.4, -0.2) is 86.2 Å². The van der Waals surface area contributed by atoms with Gasteiger partial charge in [0.1, 0.15) is 0 Å². The molecular weight excluding hydrogens is 560 g/mol. The molecule has 1 fully saturated rings. The molecule has 1 saturated heterocycles. The molecule has 0 spiro atoms. The lowest BCUT2D eigenvalue weighted by Gasteiger charge is -2.31. The summed E-state index contributed by atoms with van der Waals surface area (Å²) < 4.78 is 17.5. The van der Waals surface area contributed by atoms with Crippen molar-refractivity contribution in [3.63, 3.8) is 0 Å². The fourth-order valence-corrected chi connectivity index (χ4v) is 4.38. The van der Waals surface area contributed by atoms with Crippen LogP contribution in [0.3, 0.4) is 0 Å². The maximum Gasteiger partial charge on any atom is 0.217 e. The van der Waals surface area contributed by atoms with E-state index in [0.717, 1.165) is 41.9 Å². The third kappa shape index (κ3) is 39.2. The maximum atomic E-state index is 12.9. The number of piperidine rings is 1. The number of amides is 2. The Morgan fingerprint density at radius 3 is 1.81 bits per heavy atom. The van der Waals surface area contributed by atoms with E-state index in [2.05, 4.69) is 46.0 Å². The predicted molar refractivity (Wildman–Crippen MR) is 197 cm³/mol. The number of hydrogen-bond donors (Lipinski definition) is 2. The lowest BCUT2D eigenvalue weighted by Crippen LogP contribution is -2.38. The van der Waals surface area contributed by atoms with E-state index in [1.165, 1.54) is 6.92 Å². The highest BCUT2D eigenvalue weighted by Gasteiger charge is 2.26. The monoisotopic (exact) mass is 628 g/mol. The molecule has 43 heavy (non-hydrogen) atoms. The van der Waals surface area contributed by atoms with Crippen LogP contribution in [0.5, 0.6) is 0 Å². The van der Waals surface area contributed by atoms with Gasteiger partial charge in [0, 0.05) is 62.8 Å². The van der Waals surface area contributed by atoms with E-state index in [1.807, 2.05) is 94.6 Å². The molecule has 0 saturated carbocycles. The average molecular weight is 629 g/mol. The fourth-order valence-electron chi connectivity index (χ4n) is 2.58. The van der Waals surface area contributed by atoms with Gasteiger partial charge in [-0.3, -0.25) is 18.8 Å². The van der Waals surface area contributed by atoms with Crippen LogP contribution < -0.4 is 10.6 Å². The Morgan fingerprint density at radius 2 is 1.49 bits per heavy atom. The van der Waals surface area contributed by atoms with Gasteiger partial charge in [0.2, 0.25) is 12.3 Å². The number of methoxy groups -OCH3 is 1. The Labute approximate surface area is 267 Å². The van der Waals surface area contributed by atoms with Crippen LogP contribution in [0, 0.1) is 0 Å². The summed E-state index contributed by atoms with van der Waals surface area (Å²) in [6.07, 6.45) is 11.3. The van der Waals surface area contributed by atoms with Crippen molar-refractivity contribution >= 4 is 33.9 Å². The largest absolute Gasteiger partial charge is 0.385 e. The Morgan fingerprint density at radius 1 is 1.05 bits per heavy atom. The molecule has 0 radical (unpaired) electrons. The number of carbonyl (C=O) groups excluding carboxylic acids is 2. The molecule has 1 aliphatic rings. The number of carbonyl (C=O) groups is 2. The highest BCUT2D eigenvalue weighted by molar-refractivity contribution is 8.04. The van der Waals surface area contributed by atoms with Crippen LogP contribution >= 0.6 is 0 Å². The van der Waals surface area contributed by atoms with E-state index in [0.29, 0.717) is 19.6 Å². The quantitative estimate of drug-likeness (QED) is 0.0960. The average Bonchev–Trinajstić information content (AvgIpc) is 3.02. The molecule has 0 aliphatic carbocycles. The maximum absolute atomic E-state index is 12.9. The number of hydrogen-bond acceptors (Lipinski definition) is 6. The molecule has 254 valence electrons. The van der Waals surface area contributed by atoms with Crippen molar-refractivity contribution in [1.82, 2.24) is 15.5 Å². The number of nitrogens with one attached hydrogen (secondary N) is 2. The van der Waals surface area contributed by atoms with Crippen molar-refractivity contribution in [3.8, 4) is 0 Å². The molecule has 2 N–H and O–H groups in total. The first-order valence-electron chi connectivity index (χ1n) is 14.9.